The largest absolute Gasteiger partial charge is 0.351 e. The van der Waals surface area contributed by atoms with Crippen molar-refractivity contribution in [3.05, 3.63) is 33.9 Å². The molecule has 0 heterocycles. The summed E-state index contributed by atoms with van der Waals surface area (Å²) in [6.07, 6.45) is 1.76. The molecule has 0 unspecified atom stereocenters. The van der Waals surface area contributed by atoms with E-state index in [1.165, 1.54) is 17.8 Å². The minimum absolute atomic E-state index is 0.0353. The van der Waals surface area contributed by atoms with Gasteiger partial charge in [0.15, 0.2) is 0 Å². The minimum Gasteiger partial charge on any atom is -0.351 e. The zero-order valence-electron chi connectivity index (χ0n) is 10.9. The highest BCUT2D eigenvalue weighted by atomic mass is 32.2. The molecule has 1 aromatic carbocycles. The minimum atomic E-state index is -0.471. The predicted molar refractivity (Wildman–Crippen MR) is 75.8 cm³/mol. The molecule has 0 atom stereocenters. The van der Waals surface area contributed by atoms with Crippen LogP contribution in [0.25, 0.3) is 0 Å². The van der Waals surface area contributed by atoms with Crippen molar-refractivity contribution >= 4 is 23.4 Å². The van der Waals surface area contributed by atoms with Crippen LogP contribution in [0.3, 0.4) is 0 Å². The van der Waals surface area contributed by atoms with Crippen LogP contribution in [-0.2, 0) is 0 Å². The fourth-order valence-electron chi connectivity index (χ4n) is 1.52. The van der Waals surface area contributed by atoms with Crippen molar-refractivity contribution in [2.24, 2.45) is 0 Å². The number of amides is 1. The molecule has 1 aromatic rings. The summed E-state index contributed by atoms with van der Waals surface area (Å²) in [7, 11) is 0. The van der Waals surface area contributed by atoms with Crippen LogP contribution in [0.5, 0.6) is 0 Å². The van der Waals surface area contributed by atoms with Gasteiger partial charge in [-0.2, -0.15) is 0 Å². The normalized spacial score (nSPS) is 10.2. The average Bonchev–Trinajstić information content (AvgIpc) is 2.42. The Bertz CT molecular complexity index is 466. The molecule has 1 rings (SSSR count). The Morgan fingerprint density at radius 3 is 2.74 bits per heavy atom. The second-order valence-electron chi connectivity index (χ2n) is 3.75. The van der Waals surface area contributed by atoms with E-state index >= 15 is 0 Å². The van der Waals surface area contributed by atoms with E-state index in [2.05, 4.69) is 10.6 Å². The number of benzene rings is 1. The van der Waals surface area contributed by atoms with Crippen molar-refractivity contribution in [1.82, 2.24) is 10.6 Å². The van der Waals surface area contributed by atoms with Crippen LogP contribution in [0.2, 0.25) is 0 Å². The van der Waals surface area contributed by atoms with E-state index < -0.39 is 4.92 Å². The van der Waals surface area contributed by atoms with Crippen molar-refractivity contribution in [1.29, 1.82) is 0 Å². The van der Waals surface area contributed by atoms with Crippen molar-refractivity contribution in [2.45, 2.75) is 11.8 Å². The SMILES string of the molecule is CCNCCNC(=O)c1ccc(SC)c([N+](=O)[O-])c1. The molecule has 0 spiro atoms. The lowest BCUT2D eigenvalue weighted by atomic mass is 10.2. The van der Waals surface area contributed by atoms with Gasteiger partial charge in [-0.1, -0.05) is 6.92 Å². The number of nitrogens with one attached hydrogen (secondary N) is 2. The van der Waals surface area contributed by atoms with Crippen LogP contribution < -0.4 is 10.6 Å². The summed E-state index contributed by atoms with van der Waals surface area (Å²) in [6, 6.07) is 4.51. The highest BCUT2D eigenvalue weighted by Gasteiger charge is 2.16. The fraction of sp³-hybridized carbons (Fsp3) is 0.417. The highest BCUT2D eigenvalue weighted by molar-refractivity contribution is 7.98. The van der Waals surface area contributed by atoms with Gasteiger partial charge >= 0.3 is 0 Å². The van der Waals surface area contributed by atoms with Crippen molar-refractivity contribution in [3.63, 3.8) is 0 Å². The van der Waals surface area contributed by atoms with E-state index in [4.69, 9.17) is 0 Å². The molecule has 7 heteroatoms. The van der Waals surface area contributed by atoms with Crippen LogP contribution in [0.1, 0.15) is 17.3 Å². The molecule has 0 saturated carbocycles. The summed E-state index contributed by atoms with van der Waals surface area (Å²) in [5.41, 5.74) is 0.271. The first-order valence-corrected chi connectivity index (χ1v) is 7.14. The molecule has 19 heavy (non-hydrogen) atoms. The van der Waals surface area contributed by atoms with Gasteiger partial charge in [0.25, 0.3) is 11.6 Å². The molecular formula is C12H17N3O3S. The monoisotopic (exact) mass is 283 g/mol. The first kappa shape index (κ1) is 15.5. The summed E-state index contributed by atoms with van der Waals surface area (Å²) in [4.78, 5) is 22.8. The average molecular weight is 283 g/mol. The van der Waals surface area contributed by atoms with E-state index in [1.54, 1.807) is 18.4 Å². The number of likely N-dealkylation sites (N-methyl/N-ethyl adjacent to an activating group) is 1. The van der Waals surface area contributed by atoms with Crippen LogP contribution in [0.4, 0.5) is 5.69 Å². The Balaban J connectivity index is 2.75. The Labute approximate surface area is 116 Å². The fourth-order valence-corrected chi connectivity index (χ4v) is 2.06. The van der Waals surface area contributed by atoms with E-state index in [1.807, 2.05) is 6.92 Å². The lowest BCUT2D eigenvalue weighted by Crippen LogP contribution is -2.31. The number of hydrogen-bond acceptors (Lipinski definition) is 5. The number of carbonyl (C=O) groups excluding carboxylic acids is 1. The Morgan fingerprint density at radius 1 is 1.42 bits per heavy atom. The standard InChI is InChI=1S/C12H17N3O3S/c1-3-13-6-7-14-12(16)9-4-5-11(19-2)10(8-9)15(17)18/h4-5,8,13H,3,6-7H2,1-2H3,(H,14,16). The Hall–Kier alpha value is -1.60. The quantitative estimate of drug-likeness (QED) is 0.344. The Kier molecular flexibility index (Phi) is 6.31. The molecule has 0 aliphatic carbocycles. The number of carbonyl (C=O) groups is 1. The number of nitrogens with zero attached hydrogens (tertiary/aromatic N) is 1. The van der Waals surface area contributed by atoms with Gasteiger partial charge in [0.05, 0.1) is 9.82 Å². The van der Waals surface area contributed by atoms with E-state index in [-0.39, 0.29) is 11.6 Å². The van der Waals surface area contributed by atoms with E-state index in [0.29, 0.717) is 23.5 Å². The molecule has 104 valence electrons. The molecule has 0 saturated heterocycles. The lowest BCUT2D eigenvalue weighted by Gasteiger charge is -2.06. The molecule has 1 amide bonds. The maximum absolute atomic E-state index is 11.8. The Morgan fingerprint density at radius 2 is 2.16 bits per heavy atom. The molecule has 0 radical (unpaired) electrons. The third-order valence-electron chi connectivity index (χ3n) is 2.48. The van der Waals surface area contributed by atoms with E-state index in [9.17, 15) is 14.9 Å². The van der Waals surface area contributed by atoms with Gasteiger partial charge in [0, 0.05) is 24.7 Å². The maximum atomic E-state index is 11.8. The molecule has 2 N–H and O–H groups in total. The van der Waals surface area contributed by atoms with E-state index in [0.717, 1.165) is 6.54 Å². The van der Waals surface area contributed by atoms with Crippen molar-refractivity contribution in [2.75, 3.05) is 25.9 Å². The van der Waals surface area contributed by atoms with Crippen molar-refractivity contribution in [3.8, 4) is 0 Å². The van der Waals surface area contributed by atoms with Crippen LogP contribution in [0, 0.1) is 10.1 Å². The number of hydrogen-bond donors (Lipinski definition) is 2. The first-order chi connectivity index (χ1) is 9.10. The molecule has 0 fully saturated rings. The molecule has 6 nitrogen and oxygen atoms in total. The van der Waals surface area contributed by atoms with Crippen LogP contribution in [-0.4, -0.2) is 36.7 Å². The number of thioether (sulfide) groups is 1. The molecule has 0 aliphatic heterocycles. The summed E-state index contributed by atoms with van der Waals surface area (Å²) in [5, 5.41) is 16.7. The smallest absolute Gasteiger partial charge is 0.283 e. The van der Waals surface area contributed by atoms with Crippen molar-refractivity contribution < 1.29 is 9.72 Å². The lowest BCUT2D eigenvalue weighted by molar-refractivity contribution is -0.387. The molecule has 0 bridgehead atoms. The van der Waals surface area contributed by atoms with Gasteiger partial charge in [0.1, 0.15) is 0 Å². The predicted octanol–water partition coefficient (Wildman–Crippen LogP) is 1.66. The second kappa shape index (κ2) is 7.75. The van der Waals surface area contributed by atoms with Gasteiger partial charge in [-0.25, -0.2) is 0 Å². The number of nitro benzene ring substituents is 1. The van der Waals surface area contributed by atoms with Gasteiger partial charge in [0.2, 0.25) is 0 Å². The zero-order valence-corrected chi connectivity index (χ0v) is 11.8. The third-order valence-corrected chi connectivity index (χ3v) is 3.26. The zero-order chi connectivity index (χ0) is 14.3. The second-order valence-corrected chi connectivity index (χ2v) is 4.60. The van der Waals surface area contributed by atoms with Gasteiger partial charge in [-0.3, -0.25) is 14.9 Å². The summed E-state index contributed by atoms with van der Waals surface area (Å²) in [5.74, 6) is -0.298. The topological polar surface area (TPSA) is 84.3 Å². The summed E-state index contributed by atoms with van der Waals surface area (Å²) >= 11 is 1.29. The summed E-state index contributed by atoms with van der Waals surface area (Å²) in [6.45, 7) is 3.98. The highest BCUT2D eigenvalue weighted by Crippen LogP contribution is 2.28. The van der Waals surface area contributed by atoms with Crippen LogP contribution >= 0.6 is 11.8 Å². The molecule has 0 aromatic heterocycles. The van der Waals surface area contributed by atoms with Gasteiger partial charge in [-0.05, 0) is 24.9 Å². The third kappa shape index (κ3) is 4.53. The van der Waals surface area contributed by atoms with Gasteiger partial charge in [-0.15, -0.1) is 11.8 Å². The molecule has 0 aliphatic rings. The van der Waals surface area contributed by atoms with Crippen LogP contribution in [0.15, 0.2) is 23.1 Å². The number of nitro groups is 1. The number of rotatable bonds is 7. The van der Waals surface area contributed by atoms with Gasteiger partial charge < -0.3 is 10.6 Å². The molecular weight excluding hydrogens is 266 g/mol. The first-order valence-electron chi connectivity index (χ1n) is 5.91. The maximum Gasteiger partial charge on any atom is 0.283 e. The summed E-state index contributed by atoms with van der Waals surface area (Å²) < 4.78 is 0.